The third-order valence-electron chi connectivity index (χ3n) is 1.88. The molecule has 0 fully saturated rings. The van der Waals surface area contributed by atoms with Gasteiger partial charge in [0.25, 0.3) is 0 Å². The molecule has 0 aliphatic rings. The number of esters is 1. The van der Waals surface area contributed by atoms with Gasteiger partial charge in [0, 0.05) is 17.8 Å². The number of unbranched alkanes of at least 4 members (excludes halogenated alkanes) is 1. The SMILES string of the molecule is N#CCCCOC(=O)c1cc(N)cc(N)c1. The smallest absolute Gasteiger partial charge is 0.338 e. The van der Waals surface area contributed by atoms with Crippen LogP contribution in [-0.4, -0.2) is 12.6 Å². The van der Waals surface area contributed by atoms with Gasteiger partial charge in [-0.15, -0.1) is 0 Å². The first-order chi connectivity index (χ1) is 7.63. The molecule has 1 aromatic rings. The lowest BCUT2D eigenvalue weighted by Gasteiger charge is -2.05. The van der Waals surface area contributed by atoms with E-state index in [1.54, 1.807) is 6.07 Å². The number of hydrogen-bond donors (Lipinski definition) is 2. The van der Waals surface area contributed by atoms with E-state index in [1.807, 2.05) is 6.07 Å². The lowest BCUT2D eigenvalue weighted by atomic mass is 10.2. The fourth-order valence-corrected chi connectivity index (χ4v) is 1.19. The molecule has 0 amide bonds. The standard InChI is InChI=1S/C11H13N3O2/c12-3-1-2-4-16-11(15)8-5-9(13)7-10(14)6-8/h5-7H,1-2,4,13-14H2. The van der Waals surface area contributed by atoms with Crippen LogP contribution in [0.3, 0.4) is 0 Å². The second-order valence-electron chi connectivity index (χ2n) is 3.29. The van der Waals surface area contributed by atoms with Crippen LogP contribution in [-0.2, 0) is 4.74 Å². The molecular weight excluding hydrogens is 206 g/mol. The van der Waals surface area contributed by atoms with E-state index in [2.05, 4.69) is 0 Å². The Hall–Kier alpha value is -2.22. The summed E-state index contributed by atoms with van der Waals surface area (Å²) in [5, 5.41) is 8.30. The first-order valence-corrected chi connectivity index (χ1v) is 4.83. The van der Waals surface area contributed by atoms with Crippen molar-refractivity contribution < 1.29 is 9.53 Å². The summed E-state index contributed by atoms with van der Waals surface area (Å²) in [6, 6.07) is 6.54. The highest BCUT2D eigenvalue weighted by Crippen LogP contribution is 2.14. The first-order valence-electron chi connectivity index (χ1n) is 4.83. The highest BCUT2D eigenvalue weighted by molar-refractivity contribution is 5.91. The summed E-state index contributed by atoms with van der Waals surface area (Å²) in [5.74, 6) is -0.475. The van der Waals surface area contributed by atoms with E-state index in [4.69, 9.17) is 21.5 Å². The van der Waals surface area contributed by atoms with E-state index in [0.717, 1.165) is 0 Å². The van der Waals surface area contributed by atoms with Gasteiger partial charge >= 0.3 is 5.97 Å². The Labute approximate surface area is 93.6 Å². The number of carbonyl (C=O) groups excluding carboxylic acids is 1. The van der Waals surface area contributed by atoms with Crippen molar-refractivity contribution in [3.63, 3.8) is 0 Å². The highest BCUT2D eigenvalue weighted by atomic mass is 16.5. The Bertz CT molecular complexity index is 403. The van der Waals surface area contributed by atoms with Gasteiger partial charge in [-0.25, -0.2) is 4.79 Å². The van der Waals surface area contributed by atoms with Crippen molar-refractivity contribution >= 4 is 17.3 Å². The molecule has 16 heavy (non-hydrogen) atoms. The molecule has 5 nitrogen and oxygen atoms in total. The topological polar surface area (TPSA) is 102 Å². The van der Waals surface area contributed by atoms with Crippen LogP contribution in [0.15, 0.2) is 18.2 Å². The lowest BCUT2D eigenvalue weighted by Crippen LogP contribution is -2.07. The van der Waals surface area contributed by atoms with Crippen molar-refractivity contribution in [2.45, 2.75) is 12.8 Å². The van der Waals surface area contributed by atoms with Gasteiger partial charge in [-0.2, -0.15) is 5.26 Å². The van der Waals surface area contributed by atoms with E-state index in [9.17, 15) is 4.79 Å². The summed E-state index contributed by atoms with van der Waals surface area (Å²) in [7, 11) is 0. The third kappa shape index (κ3) is 3.50. The second-order valence-corrected chi connectivity index (χ2v) is 3.29. The van der Waals surface area contributed by atoms with Crippen molar-refractivity contribution in [2.24, 2.45) is 0 Å². The van der Waals surface area contributed by atoms with Crippen molar-refractivity contribution in [3.8, 4) is 6.07 Å². The predicted octanol–water partition coefficient (Wildman–Crippen LogP) is 1.31. The fraction of sp³-hybridized carbons (Fsp3) is 0.273. The monoisotopic (exact) mass is 219 g/mol. The van der Waals surface area contributed by atoms with Crippen LogP contribution < -0.4 is 11.5 Å². The highest BCUT2D eigenvalue weighted by Gasteiger charge is 2.08. The molecule has 0 aliphatic heterocycles. The van der Waals surface area contributed by atoms with Gasteiger partial charge in [0.1, 0.15) is 0 Å². The fourth-order valence-electron chi connectivity index (χ4n) is 1.19. The maximum Gasteiger partial charge on any atom is 0.338 e. The zero-order valence-electron chi connectivity index (χ0n) is 8.77. The number of hydrogen-bond acceptors (Lipinski definition) is 5. The minimum Gasteiger partial charge on any atom is -0.462 e. The van der Waals surface area contributed by atoms with Crippen molar-refractivity contribution in [2.75, 3.05) is 18.1 Å². The molecule has 5 heteroatoms. The Morgan fingerprint density at radius 2 is 1.94 bits per heavy atom. The quantitative estimate of drug-likeness (QED) is 0.451. The summed E-state index contributed by atoms with van der Waals surface area (Å²) in [4.78, 5) is 11.5. The van der Waals surface area contributed by atoms with Gasteiger partial charge in [0.2, 0.25) is 0 Å². The molecule has 0 unspecified atom stereocenters. The number of anilines is 2. The molecule has 0 heterocycles. The van der Waals surface area contributed by atoms with Crippen LogP contribution in [0.5, 0.6) is 0 Å². The molecule has 1 aromatic carbocycles. The number of nitrogen functional groups attached to an aromatic ring is 2. The molecule has 0 aliphatic carbocycles. The average molecular weight is 219 g/mol. The zero-order valence-corrected chi connectivity index (χ0v) is 8.77. The summed E-state index contributed by atoms with van der Waals surface area (Å²) >= 11 is 0. The molecule has 0 radical (unpaired) electrons. The van der Waals surface area contributed by atoms with Crippen LogP contribution in [0.1, 0.15) is 23.2 Å². The predicted molar refractivity (Wildman–Crippen MR) is 60.4 cm³/mol. The van der Waals surface area contributed by atoms with Crippen LogP contribution in [0, 0.1) is 11.3 Å². The Kier molecular flexibility index (Phi) is 4.16. The van der Waals surface area contributed by atoms with Gasteiger partial charge in [-0.05, 0) is 24.6 Å². The minimum atomic E-state index is -0.475. The largest absolute Gasteiger partial charge is 0.462 e. The molecule has 0 aromatic heterocycles. The maximum absolute atomic E-state index is 11.5. The van der Waals surface area contributed by atoms with E-state index in [1.165, 1.54) is 12.1 Å². The summed E-state index contributed by atoms with van der Waals surface area (Å²) in [6.45, 7) is 0.223. The van der Waals surface area contributed by atoms with Gasteiger partial charge in [0.15, 0.2) is 0 Å². The molecule has 1 rings (SSSR count). The van der Waals surface area contributed by atoms with Crippen molar-refractivity contribution in [1.82, 2.24) is 0 Å². The first kappa shape index (κ1) is 11.9. The van der Waals surface area contributed by atoms with Gasteiger partial charge < -0.3 is 16.2 Å². The second kappa shape index (κ2) is 5.61. The number of nitrogens with zero attached hydrogens (tertiary/aromatic N) is 1. The molecule has 0 bridgehead atoms. The lowest BCUT2D eigenvalue weighted by molar-refractivity contribution is 0.0502. The van der Waals surface area contributed by atoms with E-state index >= 15 is 0 Å². The number of ether oxygens (including phenoxy) is 1. The van der Waals surface area contributed by atoms with Crippen LogP contribution >= 0.6 is 0 Å². The van der Waals surface area contributed by atoms with E-state index < -0.39 is 5.97 Å². The minimum absolute atomic E-state index is 0.223. The van der Waals surface area contributed by atoms with Gasteiger partial charge in [0.05, 0.1) is 18.2 Å². The summed E-state index contributed by atoms with van der Waals surface area (Å²) < 4.78 is 4.94. The number of carbonyl (C=O) groups is 1. The Morgan fingerprint density at radius 1 is 1.31 bits per heavy atom. The van der Waals surface area contributed by atoms with Crippen molar-refractivity contribution in [3.05, 3.63) is 23.8 Å². The summed E-state index contributed by atoms with van der Waals surface area (Å²) in [6.07, 6.45) is 0.895. The number of nitriles is 1. The molecular formula is C11H13N3O2. The zero-order chi connectivity index (χ0) is 12.0. The molecule has 0 spiro atoms. The van der Waals surface area contributed by atoms with Gasteiger partial charge in [-0.3, -0.25) is 0 Å². The van der Waals surface area contributed by atoms with E-state index in [-0.39, 0.29) is 6.61 Å². The van der Waals surface area contributed by atoms with E-state index in [0.29, 0.717) is 29.8 Å². The third-order valence-corrected chi connectivity index (χ3v) is 1.88. The maximum atomic E-state index is 11.5. The number of nitrogens with two attached hydrogens (primary N) is 2. The van der Waals surface area contributed by atoms with Crippen LogP contribution in [0.2, 0.25) is 0 Å². The average Bonchev–Trinajstić information content (AvgIpc) is 2.22. The van der Waals surface area contributed by atoms with Gasteiger partial charge in [-0.1, -0.05) is 0 Å². The van der Waals surface area contributed by atoms with Crippen LogP contribution in [0.25, 0.3) is 0 Å². The molecule has 84 valence electrons. The molecule has 4 N–H and O–H groups in total. The molecule has 0 saturated carbocycles. The normalized spacial score (nSPS) is 9.44. The Morgan fingerprint density at radius 3 is 2.50 bits per heavy atom. The summed E-state index contributed by atoms with van der Waals surface area (Å²) in [5.41, 5.74) is 12.3. The Balaban J connectivity index is 2.56. The molecule has 0 saturated heterocycles. The molecule has 0 atom stereocenters. The van der Waals surface area contributed by atoms with Crippen molar-refractivity contribution in [1.29, 1.82) is 5.26 Å². The van der Waals surface area contributed by atoms with Crippen LogP contribution in [0.4, 0.5) is 11.4 Å². The number of rotatable bonds is 4. The number of benzene rings is 1.